The zero-order chi connectivity index (χ0) is 14.7. The first kappa shape index (κ1) is 14.9. The van der Waals surface area contributed by atoms with E-state index in [4.69, 9.17) is 4.74 Å². The van der Waals surface area contributed by atoms with Crippen LogP contribution in [-0.4, -0.2) is 5.11 Å². The van der Waals surface area contributed by atoms with Gasteiger partial charge in [-0.1, -0.05) is 28.1 Å². The second-order valence-electron chi connectivity index (χ2n) is 4.35. The summed E-state index contributed by atoms with van der Waals surface area (Å²) in [6, 6.07) is 8.77. The van der Waals surface area contributed by atoms with Gasteiger partial charge in [0.15, 0.2) is 0 Å². The summed E-state index contributed by atoms with van der Waals surface area (Å²) < 4.78 is 33.2. The Morgan fingerprint density at radius 1 is 1.20 bits per heavy atom. The first-order valence-electron chi connectivity index (χ1n) is 6.02. The third-order valence-corrected chi connectivity index (χ3v) is 3.35. The number of benzene rings is 2. The van der Waals surface area contributed by atoms with Gasteiger partial charge in [0.25, 0.3) is 0 Å². The smallest absolute Gasteiger partial charge is 0.132 e. The molecule has 2 nitrogen and oxygen atoms in total. The van der Waals surface area contributed by atoms with Crippen molar-refractivity contribution < 1.29 is 18.6 Å². The van der Waals surface area contributed by atoms with Gasteiger partial charge in [-0.3, -0.25) is 0 Å². The summed E-state index contributed by atoms with van der Waals surface area (Å²) in [6.07, 6.45) is -0.733. The highest BCUT2D eigenvalue weighted by atomic mass is 79.9. The molecule has 0 fully saturated rings. The molecule has 0 aliphatic heterocycles. The van der Waals surface area contributed by atoms with Crippen molar-refractivity contribution in [2.75, 3.05) is 0 Å². The van der Waals surface area contributed by atoms with Crippen LogP contribution in [0, 0.1) is 11.6 Å². The fourth-order valence-electron chi connectivity index (χ4n) is 1.80. The van der Waals surface area contributed by atoms with E-state index in [2.05, 4.69) is 15.9 Å². The van der Waals surface area contributed by atoms with Crippen molar-refractivity contribution in [2.45, 2.75) is 19.6 Å². The quantitative estimate of drug-likeness (QED) is 0.894. The van der Waals surface area contributed by atoms with Crippen LogP contribution < -0.4 is 4.74 Å². The highest BCUT2D eigenvalue weighted by Gasteiger charge is 2.13. The number of aliphatic hydroxyl groups excluding tert-OH is 1. The Morgan fingerprint density at radius 2 is 1.85 bits per heavy atom. The first-order valence-corrected chi connectivity index (χ1v) is 6.81. The molecule has 2 aromatic carbocycles. The summed E-state index contributed by atoms with van der Waals surface area (Å²) in [5, 5.41) is 9.66. The van der Waals surface area contributed by atoms with Crippen LogP contribution >= 0.6 is 15.9 Å². The molecule has 0 amide bonds. The molecular formula is C15H13BrF2O2. The predicted molar refractivity (Wildman–Crippen MR) is 75.5 cm³/mol. The molecule has 0 saturated carbocycles. The molecule has 0 aliphatic rings. The van der Waals surface area contributed by atoms with E-state index in [9.17, 15) is 13.9 Å². The average Bonchev–Trinajstić information content (AvgIpc) is 2.37. The topological polar surface area (TPSA) is 29.5 Å². The van der Waals surface area contributed by atoms with Crippen molar-refractivity contribution in [3.63, 3.8) is 0 Å². The highest BCUT2D eigenvalue weighted by molar-refractivity contribution is 9.10. The summed E-state index contributed by atoms with van der Waals surface area (Å²) in [5.41, 5.74) is 0.425. The van der Waals surface area contributed by atoms with Gasteiger partial charge in [0.2, 0.25) is 0 Å². The molecule has 0 aliphatic carbocycles. The summed E-state index contributed by atoms with van der Waals surface area (Å²) in [6.45, 7) is 1.36. The van der Waals surface area contributed by atoms with Crippen LogP contribution in [0.3, 0.4) is 0 Å². The molecule has 2 rings (SSSR count). The maximum Gasteiger partial charge on any atom is 0.132 e. The summed E-state index contributed by atoms with van der Waals surface area (Å²) in [7, 11) is 0. The van der Waals surface area contributed by atoms with E-state index in [0.717, 1.165) is 4.47 Å². The van der Waals surface area contributed by atoms with Gasteiger partial charge in [0, 0.05) is 10.0 Å². The van der Waals surface area contributed by atoms with Crippen LogP contribution in [0.5, 0.6) is 5.75 Å². The molecule has 0 heterocycles. The van der Waals surface area contributed by atoms with Gasteiger partial charge in [-0.25, -0.2) is 8.78 Å². The van der Waals surface area contributed by atoms with E-state index in [-0.39, 0.29) is 12.2 Å². The zero-order valence-corrected chi connectivity index (χ0v) is 12.3. The Kier molecular flexibility index (Phi) is 4.73. The third kappa shape index (κ3) is 3.35. The number of aliphatic hydroxyl groups is 1. The third-order valence-electron chi connectivity index (χ3n) is 2.86. The molecule has 1 atom stereocenters. The lowest BCUT2D eigenvalue weighted by molar-refractivity contribution is 0.189. The predicted octanol–water partition coefficient (Wildman–Crippen LogP) is 4.36. The van der Waals surface area contributed by atoms with Gasteiger partial charge in [0.05, 0.1) is 11.7 Å². The minimum absolute atomic E-state index is 0.135. The molecule has 2 aromatic rings. The van der Waals surface area contributed by atoms with Crippen molar-refractivity contribution in [3.05, 3.63) is 63.6 Å². The lowest BCUT2D eigenvalue weighted by atomic mass is 10.1. The minimum atomic E-state index is -0.733. The van der Waals surface area contributed by atoms with E-state index in [0.29, 0.717) is 11.3 Å². The van der Waals surface area contributed by atoms with E-state index in [1.165, 1.54) is 18.2 Å². The number of halogens is 3. The van der Waals surface area contributed by atoms with Crippen LogP contribution in [0.25, 0.3) is 0 Å². The number of ether oxygens (including phenoxy) is 1. The van der Waals surface area contributed by atoms with Crippen LogP contribution in [0.1, 0.15) is 24.2 Å². The molecule has 20 heavy (non-hydrogen) atoms. The second kappa shape index (κ2) is 6.33. The molecule has 5 heteroatoms. The fraction of sp³-hybridized carbons (Fsp3) is 0.200. The Balaban J connectivity index is 2.25. The molecule has 0 unspecified atom stereocenters. The average molecular weight is 343 g/mol. The van der Waals surface area contributed by atoms with Crippen molar-refractivity contribution in [3.8, 4) is 5.75 Å². The monoisotopic (exact) mass is 342 g/mol. The number of hydrogen-bond donors (Lipinski definition) is 1. The molecule has 0 spiro atoms. The molecule has 0 radical (unpaired) electrons. The van der Waals surface area contributed by atoms with Crippen molar-refractivity contribution in [1.82, 2.24) is 0 Å². The zero-order valence-electron chi connectivity index (χ0n) is 10.7. The molecule has 0 saturated heterocycles. The van der Waals surface area contributed by atoms with Crippen molar-refractivity contribution >= 4 is 15.9 Å². The van der Waals surface area contributed by atoms with Gasteiger partial charge in [-0.15, -0.1) is 0 Å². The molecule has 0 bridgehead atoms. The molecule has 1 N–H and O–H groups in total. The fourth-order valence-corrected chi connectivity index (χ4v) is 2.14. The summed E-state index contributed by atoms with van der Waals surface area (Å²) in [5.74, 6) is -0.922. The van der Waals surface area contributed by atoms with E-state index >= 15 is 0 Å². The number of hydrogen-bond acceptors (Lipinski definition) is 2. The van der Waals surface area contributed by atoms with Crippen LogP contribution in [0.15, 0.2) is 40.9 Å². The summed E-state index contributed by atoms with van der Waals surface area (Å²) >= 11 is 3.29. The van der Waals surface area contributed by atoms with Crippen LogP contribution in [0.4, 0.5) is 8.78 Å². The van der Waals surface area contributed by atoms with Gasteiger partial charge in [0.1, 0.15) is 24.0 Å². The molecule has 106 valence electrons. The Morgan fingerprint density at radius 3 is 2.45 bits per heavy atom. The minimum Gasteiger partial charge on any atom is -0.488 e. The van der Waals surface area contributed by atoms with Crippen LogP contribution in [0.2, 0.25) is 0 Å². The van der Waals surface area contributed by atoms with Crippen molar-refractivity contribution in [2.24, 2.45) is 0 Å². The summed E-state index contributed by atoms with van der Waals surface area (Å²) in [4.78, 5) is 0. The van der Waals surface area contributed by atoms with Gasteiger partial charge in [-0.2, -0.15) is 0 Å². The maximum atomic E-state index is 13.5. The lowest BCUT2D eigenvalue weighted by Crippen LogP contribution is -2.04. The van der Waals surface area contributed by atoms with Crippen LogP contribution in [-0.2, 0) is 6.61 Å². The Bertz CT molecular complexity index is 595. The normalized spacial score (nSPS) is 12.2. The van der Waals surface area contributed by atoms with Crippen molar-refractivity contribution in [1.29, 1.82) is 0 Å². The molecule has 0 aromatic heterocycles. The Hall–Kier alpha value is -1.46. The largest absolute Gasteiger partial charge is 0.488 e. The highest BCUT2D eigenvalue weighted by Crippen LogP contribution is 2.29. The van der Waals surface area contributed by atoms with Gasteiger partial charge >= 0.3 is 0 Å². The number of rotatable bonds is 4. The second-order valence-corrected chi connectivity index (χ2v) is 5.26. The first-order chi connectivity index (χ1) is 9.49. The van der Waals surface area contributed by atoms with E-state index < -0.39 is 17.7 Å². The SMILES string of the molecule is C[C@@H](O)c1ccc(Br)cc1OCc1c(F)cccc1F. The molecular weight excluding hydrogens is 330 g/mol. The van der Waals surface area contributed by atoms with Gasteiger partial charge in [-0.05, 0) is 31.2 Å². The Labute approximate surface area is 124 Å². The van der Waals surface area contributed by atoms with E-state index in [1.54, 1.807) is 25.1 Å². The van der Waals surface area contributed by atoms with E-state index in [1.807, 2.05) is 0 Å². The maximum absolute atomic E-state index is 13.5. The lowest BCUT2D eigenvalue weighted by Gasteiger charge is -2.14. The van der Waals surface area contributed by atoms with Gasteiger partial charge < -0.3 is 9.84 Å². The standard InChI is InChI=1S/C15H13BrF2O2/c1-9(19)11-6-5-10(16)7-15(11)20-8-12-13(17)3-2-4-14(12)18/h2-7,9,19H,8H2,1H3/t9-/m1/s1.